The van der Waals surface area contributed by atoms with E-state index in [1.165, 1.54) is 61.6 Å². The molecule has 0 radical (unpaired) electrons. The molecule has 2 aliphatic rings. The Morgan fingerprint density at radius 3 is 2.05 bits per heavy atom. The number of thioether (sulfide) groups is 2. The molecule has 3 nitrogen and oxygen atoms in total. The molecule has 0 aromatic rings. The molecular formula is C14H21NO2S2. The fourth-order valence-electron chi connectivity index (χ4n) is 2.58. The van der Waals surface area contributed by atoms with E-state index in [4.69, 9.17) is 0 Å². The van der Waals surface area contributed by atoms with Crippen molar-refractivity contribution >= 4 is 35.3 Å². The van der Waals surface area contributed by atoms with E-state index < -0.39 is 0 Å². The Labute approximate surface area is 123 Å². The normalized spacial score (nSPS) is 22.9. The summed E-state index contributed by atoms with van der Waals surface area (Å²) in [5.41, 5.74) is 0. The number of likely N-dealkylation sites (N-methyl/N-ethyl adjacent to an activating group) is 1. The molecule has 0 aromatic carbocycles. The maximum Gasteiger partial charge on any atom is 0.268 e. The topological polar surface area (TPSA) is 37.4 Å². The molecule has 0 aromatic heterocycles. The van der Waals surface area contributed by atoms with Crippen LogP contribution in [0.1, 0.15) is 44.9 Å². The van der Waals surface area contributed by atoms with Gasteiger partial charge in [-0.3, -0.25) is 14.5 Å². The Bertz CT molecular complexity index is 398. The lowest BCUT2D eigenvalue weighted by atomic mass is 10.0. The Balaban J connectivity index is 2.09. The molecule has 1 heterocycles. The van der Waals surface area contributed by atoms with Crippen molar-refractivity contribution in [3.8, 4) is 0 Å². The summed E-state index contributed by atoms with van der Waals surface area (Å²) in [5.74, 6) is -0.243. The maximum atomic E-state index is 12.1. The molecule has 2 amide bonds. The summed E-state index contributed by atoms with van der Waals surface area (Å²) in [6.07, 6.45) is 10.7. The average molecular weight is 299 g/mol. The van der Waals surface area contributed by atoms with Crippen LogP contribution in [0.4, 0.5) is 0 Å². The van der Waals surface area contributed by atoms with Crippen LogP contribution in [0, 0.1) is 0 Å². The summed E-state index contributed by atoms with van der Waals surface area (Å²) < 4.78 is 0. The molecule has 2 rings (SSSR count). The monoisotopic (exact) mass is 299 g/mol. The molecule has 106 valence electrons. The molecule has 0 N–H and O–H groups in total. The maximum absolute atomic E-state index is 12.1. The molecule has 1 saturated carbocycles. The van der Waals surface area contributed by atoms with Gasteiger partial charge >= 0.3 is 0 Å². The van der Waals surface area contributed by atoms with Gasteiger partial charge in [0.25, 0.3) is 11.8 Å². The number of amides is 2. The van der Waals surface area contributed by atoms with Crippen molar-refractivity contribution in [3.63, 3.8) is 0 Å². The molecule has 1 fully saturated rings. The summed E-state index contributed by atoms with van der Waals surface area (Å²) in [6, 6.07) is 0. The predicted molar refractivity (Wildman–Crippen MR) is 82.0 cm³/mol. The largest absolute Gasteiger partial charge is 0.277 e. The highest BCUT2D eigenvalue weighted by Gasteiger charge is 2.36. The summed E-state index contributed by atoms with van der Waals surface area (Å²) in [7, 11) is 1.58. The molecule has 1 aliphatic carbocycles. The van der Waals surface area contributed by atoms with Crippen LogP contribution in [0.15, 0.2) is 9.81 Å². The smallest absolute Gasteiger partial charge is 0.268 e. The highest BCUT2D eigenvalue weighted by atomic mass is 32.2. The molecule has 0 atom stereocenters. The van der Waals surface area contributed by atoms with Gasteiger partial charge in [-0.1, -0.05) is 32.1 Å². The van der Waals surface area contributed by atoms with Gasteiger partial charge < -0.3 is 0 Å². The average Bonchev–Trinajstić information content (AvgIpc) is 2.57. The van der Waals surface area contributed by atoms with Gasteiger partial charge in [-0.25, -0.2) is 0 Å². The van der Waals surface area contributed by atoms with Gasteiger partial charge in [-0.2, -0.15) is 0 Å². The van der Waals surface area contributed by atoms with Gasteiger partial charge in [0.2, 0.25) is 0 Å². The standard InChI is InChI=1S/C14H21NO2S2/c1-15-13(16)11(18-2)12(14(15)17)19-10-8-6-4-3-5-7-9-10/h10H,3-9H2,1-2H3. The van der Waals surface area contributed by atoms with E-state index in [2.05, 4.69) is 0 Å². The molecule has 0 spiro atoms. The third kappa shape index (κ3) is 3.37. The van der Waals surface area contributed by atoms with Crippen molar-refractivity contribution in [3.05, 3.63) is 9.81 Å². The Morgan fingerprint density at radius 2 is 1.47 bits per heavy atom. The lowest BCUT2D eigenvalue weighted by molar-refractivity contribution is -0.135. The van der Waals surface area contributed by atoms with Crippen molar-refractivity contribution in [2.24, 2.45) is 0 Å². The molecule has 19 heavy (non-hydrogen) atoms. The fraction of sp³-hybridized carbons (Fsp3) is 0.714. The number of rotatable bonds is 3. The summed E-state index contributed by atoms with van der Waals surface area (Å²) in [4.78, 5) is 26.6. The van der Waals surface area contributed by atoms with Gasteiger partial charge in [0.15, 0.2) is 0 Å². The van der Waals surface area contributed by atoms with Crippen LogP contribution in [0.25, 0.3) is 0 Å². The van der Waals surface area contributed by atoms with E-state index in [0.29, 0.717) is 15.1 Å². The minimum Gasteiger partial charge on any atom is -0.277 e. The third-order valence-electron chi connectivity index (χ3n) is 3.74. The number of hydrogen-bond donors (Lipinski definition) is 0. The second kappa shape index (κ2) is 6.84. The Hall–Kier alpha value is -0.420. The van der Waals surface area contributed by atoms with Crippen LogP contribution in [-0.2, 0) is 9.59 Å². The number of carbonyl (C=O) groups is 2. The number of carbonyl (C=O) groups excluding carboxylic acids is 2. The van der Waals surface area contributed by atoms with Gasteiger partial charge in [0.1, 0.15) is 0 Å². The first kappa shape index (κ1) is 15.0. The van der Waals surface area contributed by atoms with Gasteiger partial charge in [-0.05, 0) is 19.1 Å². The predicted octanol–water partition coefficient (Wildman–Crippen LogP) is 3.41. The molecule has 0 unspecified atom stereocenters. The van der Waals surface area contributed by atoms with E-state index in [-0.39, 0.29) is 11.8 Å². The Kier molecular flexibility index (Phi) is 5.39. The molecule has 0 saturated heterocycles. The first-order valence-corrected chi connectivity index (χ1v) is 9.03. The van der Waals surface area contributed by atoms with Crippen molar-refractivity contribution in [2.75, 3.05) is 13.3 Å². The summed E-state index contributed by atoms with van der Waals surface area (Å²) in [5, 5.41) is 0.501. The van der Waals surface area contributed by atoms with Crippen LogP contribution >= 0.6 is 23.5 Å². The first-order chi connectivity index (χ1) is 9.15. The molecule has 1 aliphatic heterocycles. The minimum atomic E-state index is -0.133. The van der Waals surface area contributed by atoms with Gasteiger partial charge in [0, 0.05) is 12.3 Å². The number of imide groups is 1. The zero-order valence-corrected chi connectivity index (χ0v) is 13.2. The van der Waals surface area contributed by atoms with Crippen LogP contribution in [0.3, 0.4) is 0 Å². The van der Waals surface area contributed by atoms with Crippen LogP contribution in [0.2, 0.25) is 0 Å². The van der Waals surface area contributed by atoms with Gasteiger partial charge in [0.05, 0.1) is 9.81 Å². The van der Waals surface area contributed by atoms with Crippen LogP contribution in [0.5, 0.6) is 0 Å². The molecule has 5 heteroatoms. The Morgan fingerprint density at radius 1 is 0.947 bits per heavy atom. The quantitative estimate of drug-likeness (QED) is 0.749. The second-order valence-corrected chi connectivity index (χ2v) is 7.24. The van der Waals surface area contributed by atoms with Gasteiger partial charge in [-0.15, -0.1) is 23.5 Å². The van der Waals surface area contributed by atoms with Crippen molar-refractivity contribution < 1.29 is 9.59 Å². The van der Waals surface area contributed by atoms with Crippen molar-refractivity contribution in [1.82, 2.24) is 4.90 Å². The van der Waals surface area contributed by atoms with Crippen LogP contribution in [-0.4, -0.2) is 35.3 Å². The van der Waals surface area contributed by atoms with E-state index >= 15 is 0 Å². The van der Waals surface area contributed by atoms with E-state index in [1.54, 1.807) is 18.8 Å². The number of nitrogens with zero attached hydrogens (tertiary/aromatic N) is 1. The SMILES string of the molecule is CSC1=C(SC2CCCCCCC2)C(=O)N(C)C1=O. The van der Waals surface area contributed by atoms with Crippen LogP contribution < -0.4 is 0 Å². The lowest BCUT2D eigenvalue weighted by Crippen LogP contribution is -2.26. The number of hydrogen-bond acceptors (Lipinski definition) is 4. The summed E-state index contributed by atoms with van der Waals surface area (Å²) >= 11 is 3.05. The fourth-order valence-corrected chi connectivity index (χ4v) is 4.89. The second-order valence-electron chi connectivity index (χ2n) is 5.12. The zero-order valence-electron chi connectivity index (χ0n) is 11.6. The molecular weight excluding hydrogens is 278 g/mol. The molecule has 0 bridgehead atoms. The highest BCUT2D eigenvalue weighted by Crippen LogP contribution is 2.39. The van der Waals surface area contributed by atoms with E-state index in [1.807, 2.05) is 6.26 Å². The highest BCUT2D eigenvalue weighted by molar-refractivity contribution is 8.08. The van der Waals surface area contributed by atoms with Crippen molar-refractivity contribution in [2.45, 2.75) is 50.2 Å². The minimum absolute atomic E-state index is 0.110. The third-order valence-corrected chi connectivity index (χ3v) is 6.08. The van der Waals surface area contributed by atoms with E-state index in [9.17, 15) is 9.59 Å². The lowest BCUT2D eigenvalue weighted by Gasteiger charge is -2.19. The zero-order chi connectivity index (χ0) is 13.8. The first-order valence-electron chi connectivity index (χ1n) is 6.92. The summed E-state index contributed by atoms with van der Waals surface area (Å²) in [6.45, 7) is 0. The van der Waals surface area contributed by atoms with Crippen molar-refractivity contribution in [1.29, 1.82) is 0 Å². The van der Waals surface area contributed by atoms with E-state index in [0.717, 1.165) is 0 Å².